The minimum Gasteiger partial charge on any atom is -0.375 e. The standard InChI is InChI=1S/C14H18FN3/c1-3-8-18-9-7-16-13(18)10-17-12-6-4-5-11(2)14(12)15/h4-7,9,17H,3,8,10H2,1-2H3. The Morgan fingerprint density at radius 2 is 2.22 bits per heavy atom. The van der Waals surface area contributed by atoms with Gasteiger partial charge in [-0.25, -0.2) is 9.37 Å². The molecule has 18 heavy (non-hydrogen) atoms. The van der Waals surface area contributed by atoms with Crippen molar-refractivity contribution in [2.75, 3.05) is 5.32 Å². The van der Waals surface area contributed by atoms with Crippen molar-refractivity contribution in [1.29, 1.82) is 0 Å². The van der Waals surface area contributed by atoms with Crippen LogP contribution < -0.4 is 5.32 Å². The molecule has 1 heterocycles. The zero-order valence-electron chi connectivity index (χ0n) is 10.8. The predicted molar refractivity (Wildman–Crippen MR) is 71.0 cm³/mol. The fraction of sp³-hybridized carbons (Fsp3) is 0.357. The van der Waals surface area contributed by atoms with E-state index in [1.165, 1.54) is 0 Å². The summed E-state index contributed by atoms with van der Waals surface area (Å²) in [5, 5.41) is 3.10. The molecular formula is C14H18FN3. The second kappa shape index (κ2) is 5.67. The van der Waals surface area contributed by atoms with Crippen LogP contribution in [0.15, 0.2) is 30.6 Å². The summed E-state index contributed by atoms with van der Waals surface area (Å²) in [5.41, 5.74) is 1.18. The quantitative estimate of drug-likeness (QED) is 0.878. The van der Waals surface area contributed by atoms with Crippen LogP contribution in [0.25, 0.3) is 0 Å². The molecule has 0 radical (unpaired) electrons. The van der Waals surface area contributed by atoms with Crippen LogP contribution in [-0.4, -0.2) is 9.55 Å². The monoisotopic (exact) mass is 247 g/mol. The van der Waals surface area contributed by atoms with Gasteiger partial charge in [0.2, 0.25) is 0 Å². The van der Waals surface area contributed by atoms with Crippen LogP contribution in [0.5, 0.6) is 0 Å². The van der Waals surface area contributed by atoms with Crippen molar-refractivity contribution in [1.82, 2.24) is 9.55 Å². The highest BCUT2D eigenvalue weighted by Crippen LogP contribution is 2.17. The third-order valence-corrected chi connectivity index (χ3v) is 2.89. The van der Waals surface area contributed by atoms with E-state index < -0.39 is 0 Å². The highest BCUT2D eigenvalue weighted by Gasteiger charge is 2.06. The summed E-state index contributed by atoms with van der Waals surface area (Å²) < 4.78 is 15.9. The fourth-order valence-corrected chi connectivity index (χ4v) is 1.91. The van der Waals surface area contributed by atoms with Gasteiger partial charge in [0.25, 0.3) is 0 Å². The molecule has 2 rings (SSSR count). The second-order valence-corrected chi connectivity index (χ2v) is 4.33. The largest absolute Gasteiger partial charge is 0.375 e. The molecule has 96 valence electrons. The number of nitrogens with zero attached hydrogens (tertiary/aromatic N) is 2. The molecule has 0 unspecified atom stereocenters. The van der Waals surface area contributed by atoms with Crippen LogP contribution in [0.3, 0.4) is 0 Å². The number of nitrogens with one attached hydrogen (secondary N) is 1. The van der Waals surface area contributed by atoms with Gasteiger partial charge in [-0.2, -0.15) is 0 Å². The Balaban J connectivity index is 2.07. The Morgan fingerprint density at radius 3 is 3.00 bits per heavy atom. The van der Waals surface area contributed by atoms with Crippen LogP contribution in [0, 0.1) is 12.7 Å². The Hall–Kier alpha value is -1.84. The van der Waals surface area contributed by atoms with E-state index >= 15 is 0 Å². The molecule has 0 saturated carbocycles. The van der Waals surface area contributed by atoms with Gasteiger partial charge in [0.1, 0.15) is 11.6 Å². The normalized spacial score (nSPS) is 10.6. The number of rotatable bonds is 5. The smallest absolute Gasteiger partial charge is 0.149 e. The Kier molecular flexibility index (Phi) is 3.97. The lowest BCUT2D eigenvalue weighted by atomic mass is 10.2. The van der Waals surface area contributed by atoms with Crippen molar-refractivity contribution in [3.05, 3.63) is 47.8 Å². The minimum atomic E-state index is -0.189. The number of anilines is 1. The molecule has 0 bridgehead atoms. The van der Waals surface area contributed by atoms with Crippen molar-refractivity contribution >= 4 is 5.69 Å². The molecule has 4 heteroatoms. The topological polar surface area (TPSA) is 29.9 Å². The van der Waals surface area contributed by atoms with Gasteiger partial charge >= 0.3 is 0 Å². The molecule has 0 amide bonds. The van der Waals surface area contributed by atoms with Gasteiger partial charge in [-0.3, -0.25) is 0 Å². The molecule has 1 aromatic heterocycles. The van der Waals surface area contributed by atoms with Gasteiger partial charge < -0.3 is 9.88 Å². The average Bonchev–Trinajstić information content (AvgIpc) is 2.79. The number of benzene rings is 1. The van der Waals surface area contributed by atoms with Gasteiger partial charge in [0.05, 0.1) is 12.2 Å². The lowest BCUT2D eigenvalue weighted by Gasteiger charge is -2.10. The van der Waals surface area contributed by atoms with Crippen molar-refractivity contribution in [2.24, 2.45) is 0 Å². The summed E-state index contributed by atoms with van der Waals surface area (Å²) in [5.74, 6) is 0.740. The number of hydrogen-bond donors (Lipinski definition) is 1. The van der Waals surface area contributed by atoms with Crippen LogP contribution in [0.4, 0.5) is 10.1 Å². The van der Waals surface area contributed by atoms with E-state index in [-0.39, 0.29) is 5.82 Å². The van der Waals surface area contributed by atoms with Crippen molar-refractivity contribution in [3.63, 3.8) is 0 Å². The number of halogens is 1. The molecule has 3 nitrogen and oxygen atoms in total. The summed E-state index contributed by atoms with van der Waals surface area (Å²) in [6.45, 7) is 5.36. The third kappa shape index (κ3) is 2.70. The maximum atomic E-state index is 13.8. The molecule has 0 saturated heterocycles. The summed E-state index contributed by atoms with van der Waals surface area (Å²) in [6.07, 6.45) is 4.79. The minimum absolute atomic E-state index is 0.189. The lowest BCUT2D eigenvalue weighted by molar-refractivity contribution is 0.617. The molecule has 1 aromatic carbocycles. The lowest BCUT2D eigenvalue weighted by Crippen LogP contribution is -2.09. The molecule has 0 fully saturated rings. The van der Waals surface area contributed by atoms with Crippen molar-refractivity contribution in [2.45, 2.75) is 33.4 Å². The molecule has 0 aliphatic heterocycles. The number of imidazole rings is 1. The molecular weight excluding hydrogens is 229 g/mol. The Bertz CT molecular complexity index is 520. The van der Waals surface area contributed by atoms with Crippen LogP contribution in [0.1, 0.15) is 24.7 Å². The Morgan fingerprint density at radius 1 is 1.39 bits per heavy atom. The number of aryl methyl sites for hydroxylation is 2. The van der Waals surface area contributed by atoms with Gasteiger partial charge in [-0.15, -0.1) is 0 Å². The fourth-order valence-electron chi connectivity index (χ4n) is 1.91. The highest BCUT2D eigenvalue weighted by molar-refractivity contribution is 5.47. The summed E-state index contributed by atoms with van der Waals surface area (Å²) >= 11 is 0. The molecule has 1 N–H and O–H groups in total. The summed E-state index contributed by atoms with van der Waals surface area (Å²) in [4.78, 5) is 4.28. The van der Waals surface area contributed by atoms with Crippen LogP contribution >= 0.6 is 0 Å². The van der Waals surface area contributed by atoms with Gasteiger partial charge in [-0.1, -0.05) is 19.1 Å². The average molecular weight is 247 g/mol. The first kappa shape index (κ1) is 12.6. The van der Waals surface area contributed by atoms with E-state index in [2.05, 4.69) is 21.8 Å². The van der Waals surface area contributed by atoms with Crippen molar-refractivity contribution in [3.8, 4) is 0 Å². The van der Waals surface area contributed by atoms with E-state index in [9.17, 15) is 4.39 Å². The SMILES string of the molecule is CCCn1ccnc1CNc1cccc(C)c1F. The van der Waals surface area contributed by atoms with Crippen LogP contribution in [0.2, 0.25) is 0 Å². The Labute approximate surface area is 107 Å². The summed E-state index contributed by atoms with van der Waals surface area (Å²) in [7, 11) is 0. The maximum Gasteiger partial charge on any atom is 0.149 e. The molecule has 0 spiro atoms. The first-order valence-corrected chi connectivity index (χ1v) is 6.21. The number of aromatic nitrogens is 2. The number of hydrogen-bond acceptors (Lipinski definition) is 2. The molecule has 2 aromatic rings. The molecule has 0 atom stereocenters. The molecule has 0 aliphatic rings. The van der Waals surface area contributed by atoms with Gasteiger partial charge in [0, 0.05) is 18.9 Å². The molecule has 0 aliphatic carbocycles. The van der Waals surface area contributed by atoms with Crippen LogP contribution in [-0.2, 0) is 13.1 Å². The van der Waals surface area contributed by atoms with E-state index in [0.29, 0.717) is 17.8 Å². The highest BCUT2D eigenvalue weighted by atomic mass is 19.1. The van der Waals surface area contributed by atoms with E-state index in [1.807, 2.05) is 12.3 Å². The van der Waals surface area contributed by atoms with Crippen molar-refractivity contribution < 1.29 is 4.39 Å². The van der Waals surface area contributed by atoms with E-state index in [0.717, 1.165) is 18.8 Å². The first-order chi connectivity index (χ1) is 8.72. The van der Waals surface area contributed by atoms with Gasteiger partial charge in [0.15, 0.2) is 0 Å². The van der Waals surface area contributed by atoms with E-state index in [4.69, 9.17) is 0 Å². The zero-order chi connectivity index (χ0) is 13.0. The summed E-state index contributed by atoms with van der Waals surface area (Å²) in [6, 6.07) is 5.35. The predicted octanol–water partition coefficient (Wildman–Crippen LogP) is 3.35. The van der Waals surface area contributed by atoms with Gasteiger partial charge in [-0.05, 0) is 25.0 Å². The van der Waals surface area contributed by atoms with E-state index in [1.54, 1.807) is 25.3 Å². The second-order valence-electron chi connectivity index (χ2n) is 4.33. The first-order valence-electron chi connectivity index (χ1n) is 6.21. The third-order valence-electron chi connectivity index (χ3n) is 2.89. The zero-order valence-corrected chi connectivity index (χ0v) is 10.8. The maximum absolute atomic E-state index is 13.8.